The first-order valence-electron chi connectivity index (χ1n) is 18.5. The number of fused-ring (bicyclic) bond motifs is 1. The number of guanidine groups is 1. The van der Waals surface area contributed by atoms with E-state index in [1.807, 2.05) is 0 Å². The molecule has 58 heavy (non-hydrogen) atoms. The Morgan fingerprint density at radius 1 is 0.897 bits per heavy atom. The van der Waals surface area contributed by atoms with Crippen LogP contribution in [0.4, 0.5) is 0 Å². The average Bonchev–Trinajstić information content (AvgIpc) is 3.67. The third-order valence-corrected chi connectivity index (χ3v) is 11.3. The molecule has 2 aliphatic rings. The standard InChI is InChI=1S/C32H55N13O11S2/c33-8-2-1-5-17(25(35)50)41-29(54)21-15-58-57-14-16(34)26(51)39-12-23(47)40-18(6-3-9-38-32(36)37)27(52)42-19(11-24(48)49)28(53)43-20(13-46)31(56)45-10-4-7-22(45)30(55)44-21/h16-22,46H,1-15,33-34H2,(H2,35,50)(H,39,51)(H,40,47)(H,41,54)(H,42,52)(H,43,53)(H,44,55)(H,48,49)(H4,36,37,38)/t16-,17+,18+,19+,20+,21+,22+/m1/s1. The lowest BCUT2D eigenvalue weighted by atomic mass is 10.1. The first kappa shape index (κ1) is 49.2. The van der Waals surface area contributed by atoms with Gasteiger partial charge in [-0.1, -0.05) is 21.6 Å². The van der Waals surface area contributed by atoms with Gasteiger partial charge in [0.05, 0.1) is 25.6 Å². The number of aliphatic hydroxyl groups excluding tert-OH is 1. The fraction of sp³-hybridized carbons (Fsp3) is 0.688. The third-order valence-electron chi connectivity index (χ3n) is 8.85. The first-order valence-corrected chi connectivity index (χ1v) is 21.0. The second kappa shape index (κ2) is 25.4. The van der Waals surface area contributed by atoms with E-state index in [0.29, 0.717) is 25.8 Å². The highest BCUT2D eigenvalue weighted by Crippen LogP contribution is 2.24. The summed E-state index contributed by atoms with van der Waals surface area (Å²) in [5, 5.41) is 44.0. The van der Waals surface area contributed by atoms with E-state index in [1.54, 1.807) is 0 Å². The molecule has 0 aromatic rings. The Bertz CT molecular complexity index is 1510. The van der Waals surface area contributed by atoms with Crippen molar-refractivity contribution in [2.75, 3.05) is 44.3 Å². The summed E-state index contributed by atoms with van der Waals surface area (Å²) in [6.45, 7) is -1.18. The van der Waals surface area contributed by atoms with Crippen molar-refractivity contribution in [1.82, 2.24) is 42.1 Å². The lowest BCUT2D eigenvalue weighted by molar-refractivity contribution is -0.144. The fourth-order valence-electron chi connectivity index (χ4n) is 5.77. The van der Waals surface area contributed by atoms with Crippen LogP contribution in [-0.2, 0) is 43.2 Å². The van der Waals surface area contributed by atoms with Crippen LogP contribution >= 0.6 is 21.6 Å². The van der Waals surface area contributed by atoms with E-state index < -0.39 is 115 Å². The summed E-state index contributed by atoms with van der Waals surface area (Å²) in [7, 11) is 2.12. The Kier molecular flexibility index (Phi) is 21.6. The molecule has 0 saturated carbocycles. The van der Waals surface area contributed by atoms with Crippen molar-refractivity contribution in [3.05, 3.63) is 0 Å². The van der Waals surface area contributed by atoms with Crippen LogP contribution in [0.5, 0.6) is 0 Å². The Balaban J connectivity index is 2.44. The second-order valence-electron chi connectivity index (χ2n) is 13.4. The SMILES string of the molecule is N=C(N)NCCC[C@@H]1NC(=O)CNC(=O)[C@H](N)CSSC[C@@H](C(=O)N[C@@H](CCCCN)C(N)=O)NC(=O)[C@@H]2CCCN2C(=O)[C@H](CO)NC(=O)[C@H](CC(=O)O)NC1=O. The highest BCUT2D eigenvalue weighted by molar-refractivity contribution is 8.76. The summed E-state index contributed by atoms with van der Waals surface area (Å²) >= 11 is 0. The molecule has 326 valence electrons. The molecule has 8 amide bonds. The minimum atomic E-state index is -1.83. The minimum Gasteiger partial charge on any atom is -0.481 e. The number of carbonyl (C=O) groups is 9. The maximum absolute atomic E-state index is 13.7. The number of nitrogens with one attached hydrogen (secondary N) is 8. The molecule has 18 N–H and O–H groups in total. The molecule has 2 rings (SSSR count). The van der Waals surface area contributed by atoms with Gasteiger partial charge in [0.25, 0.3) is 0 Å². The largest absolute Gasteiger partial charge is 0.481 e. The molecule has 2 fully saturated rings. The van der Waals surface area contributed by atoms with E-state index in [9.17, 15) is 53.4 Å². The summed E-state index contributed by atoms with van der Waals surface area (Å²) in [6.07, 6.45) is 0.707. The zero-order valence-corrected chi connectivity index (χ0v) is 33.4. The van der Waals surface area contributed by atoms with E-state index >= 15 is 0 Å². The van der Waals surface area contributed by atoms with Crippen LogP contribution in [0.25, 0.3) is 0 Å². The number of nitrogens with zero attached hydrogens (tertiary/aromatic N) is 1. The quantitative estimate of drug-likeness (QED) is 0.0334. The summed E-state index contributed by atoms with van der Waals surface area (Å²) in [5.41, 5.74) is 22.4. The maximum Gasteiger partial charge on any atom is 0.305 e. The number of carbonyl (C=O) groups excluding carboxylic acids is 8. The Morgan fingerprint density at radius 3 is 2.21 bits per heavy atom. The molecular weight excluding hydrogens is 807 g/mol. The van der Waals surface area contributed by atoms with Crippen molar-refractivity contribution in [1.29, 1.82) is 5.41 Å². The highest BCUT2D eigenvalue weighted by Gasteiger charge is 2.40. The third kappa shape index (κ3) is 16.9. The van der Waals surface area contributed by atoms with E-state index in [4.69, 9.17) is 28.3 Å². The first-order chi connectivity index (χ1) is 27.5. The van der Waals surface area contributed by atoms with Crippen molar-refractivity contribution in [3.8, 4) is 0 Å². The zero-order valence-electron chi connectivity index (χ0n) is 31.8. The Morgan fingerprint density at radius 2 is 1.57 bits per heavy atom. The van der Waals surface area contributed by atoms with Crippen molar-refractivity contribution in [2.45, 2.75) is 93.7 Å². The van der Waals surface area contributed by atoms with Gasteiger partial charge in [-0.3, -0.25) is 48.6 Å². The van der Waals surface area contributed by atoms with Crippen molar-refractivity contribution < 1.29 is 53.4 Å². The molecule has 0 spiro atoms. The van der Waals surface area contributed by atoms with Crippen LogP contribution in [0.15, 0.2) is 0 Å². The van der Waals surface area contributed by atoms with Crippen molar-refractivity contribution in [2.24, 2.45) is 22.9 Å². The lowest BCUT2D eigenvalue weighted by Crippen LogP contribution is -2.60. The number of aliphatic hydroxyl groups is 1. The summed E-state index contributed by atoms with van der Waals surface area (Å²) < 4.78 is 0. The van der Waals surface area contributed by atoms with Gasteiger partial charge in [-0.15, -0.1) is 0 Å². The number of carboxylic acids is 1. The van der Waals surface area contributed by atoms with Gasteiger partial charge in [0.1, 0.15) is 36.3 Å². The number of nitrogens with two attached hydrogens (primary N) is 4. The van der Waals surface area contributed by atoms with Gasteiger partial charge in [-0.05, 0) is 51.5 Å². The number of hydrogen-bond acceptors (Lipinski definition) is 15. The molecule has 2 aliphatic heterocycles. The predicted molar refractivity (Wildman–Crippen MR) is 211 cm³/mol. The van der Waals surface area contributed by atoms with E-state index in [0.717, 1.165) is 26.5 Å². The Hall–Kier alpha value is -4.92. The average molecular weight is 862 g/mol. The predicted octanol–water partition coefficient (Wildman–Crippen LogP) is -6.42. The van der Waals surface area contributed by atoms with Gasteiger partial charge in [0.15, 0.2) is 5.96 Å². The molecule has 2 heterocycles. The van der Waals surface area contributed by atoms with Crippen molar-refractivity contribution >= 4 is 80.8 Å². The number of rotatable bonds is 14. The molecular formula is C32H55N13O11S2. The van der Waals surface area contributed by atoms with Gasteiger partial charge < -0.3 is 75.3 Å². The molecule has 7 atom stereocenters. The van der Waals surface area contributed by atoms with Crippen LogP contribution < -0.4 is 60.2 Å². The summed E-state index contributed by atoms with van der Waals surface area (Å²) in [6, 6.07) is -9.65. The smallest absolute Gasteiger partial charge is 0.305 e. The highest BCUT2D eigenvalue weighted by atomic mass is 33.1. The Labute approximate surface area is 341 Å². The zero-order chi connectivity index (χ0) is 43.4. The summed E-state index contributed by atoms with van der Waals surface area (Å²) in [4.78, 5) is 118. The van der Waals surface area contributed by atoms with E-state index in [1.165, 1.54) is 0 Å². The molecule has 2 saturated heterocycles. The fourth-order valence-corrected chi connectivity index (χ4v) is 8.06. The monoisotopic (exact) mass is 861 g/mol. The van der Waals surface area contributed by atoms with Crippen molar-refractivity contribution in [3.63, 3.8) is 0 Å². The molecule has 0 radical (unpaired) electrons. The van der Waals surface area contributed by atoms with E-state index in [-0.39, 0.29) is 56.2 Å². The number of aliphatic carboxylic acids is 1. The molecule has 0 aromatic heterocycles. The van der Waals surface area contributed by atoms with Gasteiger partial charge >= 0.3 is 5.97 Å². The molecule has 0 unspecified atom stereocenters. The van der Waals surface area contributed by atoms with E-state index in [2.05, 4.69) is 37.2 Å². The molecule has 0 aromatic carbocycles. The van der Waals surface area contributed by atoms with Crippen LogP contribution in [-0.4, -0.2) is 161 Å². The van der Waals surface area contributed by atoms with Gasteiger partial charge in [-0.25, -0.2) is 0 Å². The minimum absolute atomic E-state index is 0.00472. The molecule has 0 bridgehead atoms. The van der Waals surface area contributed by atoms with Crippen LogP contribution in [0.1, 0.15) is 51.4 Å². The van der Waals surface area contributed by atoms with Crippen LogP contribution in [0.2, 0.25) is 0 Å². The number of carboxylic acid groups (broad SMARTS) is 1. The number of primary amides is 1. The van der Waals surface area contributed by atoms with Gasteiger partial charge in [0, 0.05) is 24.6 Å². The topological polar surface area (TPSA) is 409 Å². The van der Waals surface area contributed by atoms with Crippen LogP contribution in [0.3, 0.4) is 0 Å². The molecule has 26 heteroatoms. The lowest BCUT2D eigenvalue weighted by Gasteiger charge is -2.30. The number of amides is 8. The molecule has 24 nitrogen and oxygen atoms in total. The second-order valence-corrected chi connectivity index (χ2v) is 16.0. The normalized spacial score (nSPS) is 25.1. The van der Waals surface area contributed by atoms with Crippen LogP contribution in [0, 0.1) is 5.41 Å². The number of hydrogen-bond donors (Lipinski definition) is 14. The number of unbranched alkanes of at least 4 members (excludes halogenated alkanes) is 1. The van der Waals surface area contributed by atoms with Gasteiger partial charge in [-0.2, -0.15) is 0 Å². The maximum atomic E-state index is 13.7. The summed E-state index contributed by atoms with van der Waals surface area (Å²) in [5.74, 6) is -9.10. The molecule has 0 aliphatic carbocycles. The van der Waals surface area contributed by atoms with Gasteiger partial charge in [0.2, 0.25) is 47.3 Å².